The van der Waals surface area contributed by atoms with Gasteiger partial charge in [-0.3, -0.25) is 0 Å². The van der Waals surface area contributed by atoms with Crippen LogP contribution in [-0.2, 0) is 6.42 Å². The Bertz CT molecular complexity index is 575. The highest BCUT2D eigenvalue weighted by atomic mass is 16.3. The van der Waals surface area contributed by atoms with Crippen LogP contribution in [0.2, 0.25) is 0 Å². The highest BCUT2D eigenvalue weighted by Crippen LogP contribution is 2.42. The molecule has 2 nitrogen and oxygen atoms in total. The number of rotatable bonds is 3. The number of hydrogen-bond acceptors (Lipinski definition) is 2. The molecule has 0 atom stereocenters. The fourth-order valence-electron chi connectivity index (χ4n) is 3.42. The Kier molecular flexibility index (Phi) is 4.14. The van der Waals surface area contributed by atoms with Gasteiger partial charge in [0.15, 0.2) is 0 Å². The number of benzene rings is 2. The van der Waals surface area contributed by atoms with Crippen LogP contribution >= 0.6 is 0 Å². The van der Waals surface area contributed by atoms with Gasteiger partial charge in [0.25, 0.3) is 0 Å². The molecule has 0 radical (unpaired) electrons. The molecule has 0 spiro atoms. The largest absolute Gasteiger partial charge is 0.508 e. The van der Waals surface area contributed by atoms with Crippen LogP contribution in [0.4, 0.5) is 0 Å². The molecule has 21 heavy (non-hydrogen) atoms. The molecule has 1 aliphatic carbocycles. The van der Waals surface area contributed by atoms with Crippen molar-refractivity contribution in [2.75, 3.05) is 0 Å². The molecular formula is C19H22O2. The smallest absolute Gasteiger partial charge is 0.123 e. The average molecular weight is 282 g/mol. The Balaban J connectivity index is 1.85. The summed E-state index contributed by atoms with van der Waals surface area (Å²) in [6.45, 7) is 0. The second kappa shape index (κ2) is 6.21. The fraction of sp³-hybridized carbons (Fsp3) is 0.368. The summed E-state index contributed by atoms with van der Waals surface area (Å²) in [4.78, 5) is 0. The second-order valence-corrected chi connectivity index (χ2v) is 6.05. The first-order valence-electron chi connectivity index (χ1n) is 7.82. The third-order valence-corrected chi connectivity index (χ3v) is 4.46. The highest BCUT2D eigenvalue weighted by molar-refractivity contribution is 5.49. The second-order valence-electron chi connectivity index (χ2n) is 6.05. The Morgan fingerprint density at radius 3 is 2.05 bits per heavy atom. The molecule has 110 valence electrons. The van der Waals surface area contributed by atoms with Crippen molar-refractivity contribution in [3.8, 4) is 11.5 Å². The summed E-state index contributed by atoms with van der Waals surface area (Å²) in [5.41, 5.74) is 2.89. The lowest BCUT2D eigenvalue weighted by Crippen LogP contribution is -2.05. The molecule has 0 aromatic heterocycles. The van der Waals surface area contributed by atoms with E-state index in [2.05, 4.69) is 12.1 Å². The summed E-state index contributed by atoms with van der Waals surface area (Å²) in [7, 11) is 0. The lowest BCUT2D eigenvalue weighted by molar-refractivity contribution is 0.389. The monoisotopic (exact) mass is 282 g/mol. The van der Waals surface area contributed by atoms with E-state index >= 15 is 0 Å². The van der Waals surface area contributed by atoms with Gasteiger partial charge in [0.05, 0.1) is 0 Å². The summed E-state index contributed by atoms with van der Waals surface area (Å²) < 4.78 is 0. The molecule has 2 aromatic carbocycles. The minimum Gasteiger partial charge on any atom is -0.508 e. The molecule has 2 aromatic rings. The topological polar surface area (TPSA) is 40.5 Å². The van der Waals surface area contributed by atoms with Crippen LogP contribution in [0.25, 0.3) is 0 Å². The maximum atomic E-state index is 10.3. The van der Waals surface area contributed by atoms with Crippen LogP contribution in [0.5, 0.6) is 11.5 Å². The minimum absolute atomic E-state index is 0.257. The number of aromatic hydroxyl groups is 2. The van der Waals surface area contributed by atoms with Crippen molar-refractivity contribution in [2.24, 2.45) is 0 Å². The average Bonchev–Trinajstić information content (AvgIpc) is 2.49. The molecule has 2 heteroatoms. The summed E-state index contributed by atoms with van der Waals surface area (Å²) in [5.74, 6) is 0.824. The van der Waals surface area contributed by atoms with E-state index < -0.39 is 0 Å². The van der Waals surface area contributed by atoms with Gasteiger partial charge in [-0.25, -0.2) is 0 Å². The predicted octanol–water partition coefficient (Wildman–Crippen LogP) is 4.74. The summed E-state index contributed by atoms with van der Waals surface area (Å²) in [6.07, 6.45) is 6.51. The molecule has 1 saturated carbocycles. The van der Waals surface area contributed by atoms with Gasteiger partial charge >= 0.3 is 0 Å². The quantitative estimate of drug-likeness (QED) is 0.854. The standard InChI is InChI=1S/C19H22O2/c20-17-12-15(11-14-7-3-1-4-8-14)13-18(21)19(17)16-9-5-2-6-10-16/h1,3-4,7-8,12-13,16,20-21H,2,5-6,9-11H2. The molecule has 0 amide bonds. The summed E-state index contributed by atoms with van der Waals surface area (Å²) in [6, 6.07) is 13.8. The van der Waals surface area contributed by atoms with E-state index in [1.54, 1.807) is 0 Å². The fourth-order valence-corrected chi connectivity index (χ4v) is 3.42. The zero-order chi connectivity index (χ0) is 14.7. The first kappa shape index (κ1) is 14.0. The number of phenolic OH excluding ortho intramolecular Hbond substituents is 2. The van der Waals surface area contributed by atoms with Gasteiger partial charge in [0.1, 0.15) is 11.5 Å². The van der Waals surface area contributed by atoms with E-state index in [1.165, 1.54) is 24.8 Å². The van der Waals surface area contributed by atoms with Crippen molar-refractivity contribution >= 4 is 0 Å². The molecule has 1 aliphatic rings. The first-order valence-corrected chi connectivity index (χ1v) is 7.82. The first-order chi connectivity index (χ1) is 10.2. The molecule has 0 saturated heterocycles. The van der Waals surface area contributed by atoms with E-state index in [9.17, 15) is 10.2 Å². The van der Waals surface area contributed by atoms with Crippen molar-refractivity contribution in [1.82, 2.24) is 0 Å². The summed E-state index contributed by atoms with van der Waals surface area (Å²) in [5, 5.41) is 20.7. The Labute approximate surface area is 126 Å². The van der Waals surface area contributed by atoms with Crippen molar-refractivity contribution < 1.29 is 10.2 Å². The van der Waals surface area contributed by atoms with E-state index in [4.69, 9.17) is 0 Å². The molecular weight excluding hydrogens is 260 g/mol. The van der Waals surface area contributed by atoms with Gasteiger partial charge in [-0.1, -0.05) is 49.6 Å². The van der Waals surface area contributed by atoms with Crippen LogP contribution < -0.4 is 0 Å². The van der Waals surface area contributed by atoms with Crippen molar-refractivity contribution in [1.29, 1.82) is 0 Å². The van der Waals surface area contributed by atoms with Gasteiger partial charge in [-0.2, -0.15) is 0 Å². The molecule has 0 heterocycles. The van der Waals surface area contributed by atoms with Gasteiger partial charge in [-0.15, -0.1) is 0 Å². The predicted molar refractivity (Wildman–Crippen MR) is 84.8 cm³/mol. The lowest BCUT2D eigenvalue weighted by Gasteiger charge is -2.24. The van der Waals surface area contributed by atoms with Crippen molar-refractivity contribution in [3.05, 3.63) is 59.2 Å². The van der Waals surface area contributed by atoms with E-state index in [-0.39, 0.29) is 11.5 Å². The number of hydrogen-bond donors (Lipinski definition) is 2. The van der Waals surface area contributed by atoms with Crippen LogP contribution in [0.1, 0.15) is 54.7 Å². The molecule has 0 bridgehead atoms. The van der Waals surface area contributed by atoms with Crippen LogP contribution in [0, 0.1) is 0 Å². The summed E-state index contributed by atoms with van der Waals surface area (Å²) >= 11 is 0. The molecule has 1 fully saturated rings. The maximum absolute atomic E-state index is 10.3. The lowest BCUT2D eigenvalue weighted by atomic mass is 9.82. The Hall–Kier alpha value is -1.96. The van der Waals surface area contributed by atoms with Crippen molar-refractivity contribution in [3.63, 3.8) is 0 Å². The molecule has 2 N–H and O–H groups in total. The Morgan fingerprint density at radius 1 is 0.810 bits per heavy atom. The van der Waals surface area contributed by atoms with E-state index in [0.29, 0.717) is 5.92 Å². The molecule has 0 unspecified atom stereocenters. The normalized spacial score (nSPS) is 16.0. The third-order valence-electron chi connectivity index (χ3n) is 4.46. The van der Waals surface area contributed by atoms with Gasteiger partial charge in [-0.05, 0) is 48.4 Å². The van der Waals surface area contributed by atoms with Gasteiger partial charge < -0.3 is 10.2 Å². The zero-order valence-corrected chi connectivity index (χ0v) is 12.3. The van der Waals surface area contributed by atoms with Gasteiger partial charge in [0.2, 0.25) is 0 Å². The van der Waals surface area contributed by atoms with E-state index in [0.717, 1.165) is 30.4 Å². The zero-order valence-electron chi connectivity index (χ0n) is 12.3. The molecule has 0 aliphatic heterocycles. The maximum Gasteiger partial charge on any atom is 0.123 e. The minimum atomic E-state index is 0.257. The molecule has 3 rings (SSSR count). The van der Waals surface area contributed by atoms with Gasteiger partial charge in [0, 0.05) is 5.56 Å². The van der Waals surface area contributed by atoms with Crippen LogP contribution in [0.3, 0.4) is 0 Å². The highest BCUT2D eigenvalue weighted by Gasteiger charge is 2.22. The Morgan fingerprint density at radius 2 is 1.43 bits per heavy atom. The SMILES string of the molecule is Oc1cc(Cc2ccccc2)cc(O)c1C1CCCCC1. The van der Waals surface area contributed by atoms with Crippen LogP contribution in [-0.4, -0.2) is 10.2 Å². The number of phenols is 2. The third kappa shape index (κ3) is 3.21. The van der Waals surface area contributed by atoms with E-state index in [1.807, 2.05) is 30.3 Å². The van der Waals surface area contributed by atoms with Crippen molar-refractivity contribution in [2.45, 2.75) is 44.4 Å². The van der Waals surface area contributed by atoms with Crippen LogP contribution in [0.15, 0.2) is 42.5 Å².